The van der Waals surface area contributed by atoms with Crippen molar-refractivity contribution in [2.45, 2.75) is 30.2 Å². The molecule has 1 aliphatic rings. The van der Waals surface area contributed by atoms with E-state index in [0.717, 1.165) is 18.6 Å². The number of amides is 1. The number of hydrogen-bond acceptors (Lipinski definition) is 4. The van der Waals surface area contributed by atoms with E-state index in [9.17, 15) is 17.6 Å². The topological polar surface area (TPSA) is 66.5 Å². The van der Waals surface area contributed by atoms with Gasteiger partial charge >= 0.3 is 0 Å². The summed E-state index contributed by atoms with van der Waals surface area (Å²) in [6.45, 7) is 0.767. The molecule has 1 saturated heterocycles. The standard InChI is InChI=1S/C17H19FN2O3S2/c18-13-5-7-15(8-6-13)25(22,23)20-11-1-4-16(20)17(21)19-10-9-14-3-2-12-24-14/h2-3,5-8,12,16H,1,4,9-11H2,(H,19,21). The van der Waals surface area contributed by atoms with Gasteiger partial charge in [-0.2, -0.15) is 4.31 Å². The van der Waals surface area contributed by atoms with E-state index in [4.69, 9.17) is 0 Å². The maximum Gasteiger partial charge on any atom is 0.243 e. The number of benzene rings is 1. The predicted molar refractivity (Wildman–Crippen MR) is 94.3 cm³/mol. The van der Waals surface area contributed by atoms with Gasteiger partial charge in [0.1, 0.15) is 11.9 Å². The molecule has 1 aromatic heterocycles. The zero-order chi connectivity index (χ0) is 17.9. The van der Waals surface area contributed by atoms with E-state index in [2.05, 4.69) is 5.32 Å². The average Bonchev–Trinajstić information content (AvgIpc) is 3.27. The largest absolute Gasteiger partial charge is 0.354 e. The summed E-state index contributed by atoms with van der Waals surface area (Å²) in [4.78, 5) is 13.6. The van der Waals surface area contributed by atoms with Gasteiger partial charge in [0.05, 0.1) is 4.90 Å². The zero-order valence-corrected chi connectivity index (χ0v) is 15.2. The van der Waals surface area contributed by atoms with E-state index in [1.165, 1.54) is 21.3 Å². The molecular weight excluding hydrogens is 363 g/mol. The molecule has 0 spiro atoms. The van der Waals surface area contributed by atoms with Crippen molar-refractivity contribution < 1.29 is 17.6 Å². The molecule has 2 heterocycles. The highest BCUT2D eigenvalue weighted by Gasteiger charge is 2.39. The lowest BCUT2D eigenvalue weighted by molar-refractivity contribution is -0.124. The van der Waals surface area contributed by atoms with Crippen molar-refractivity contribution in [2.75, 3.05) is 13.1 Å². The lowest BCUT2D eigenvalue weighted by Gasteiger charge is -2.23. The molecular formula is C17H19FN2O3S2. The van der Waals surface area contributed by atoms with E-state index < -0.39 is 21.9 Å². The van der Waals surface area contributed by atoms with Crippen LogP contribution in [0, 0.1) is 5.82 Å². The van der Waals surface area contributed by atoms with Crippen LogP contribution in [0.15, 0.2) is 46.7 Å². The lowest BCUT2D eigenvalue weighted by atomic mass is 10.2. The number of halogens is 1. The molecule has 1 atom stereocenters. The van der Waals surface area contributed by atoms with E-state index >= 15 is 0 Å². The quantitative estimate of drug-likeness (QED) is 0.834. The van der Waals surface area contributed by atoms with Crippen molar-refractivity contribution in [1.29, 1.82) is 0 Å². The van der Waals surface area contributed by atoms with Gasteiger partial charge in [0.2, 0.25) is 15.9 Å². The minimum absolute atomic E-state index is 0.00665. The number of hydrogen-bond donors (Lipinski definition) is 1. The van der Waals surface area contributed by atoms with E-state index in [0.29, 0.717) is 25.9 Å². The third-order valence-electron chi connectivity index (χ3n) is 4.18. The van der Waals surface area contributed by atoms with Crippen LogP contribution in [-0.4, -0.2) is 37.8 Å². The second kappa shape index (κ2) is 7.63. The Morgan fingerprint density at radius 2 is 2.04 bits per heavy atom. The van der Waals surface area contributed by atoms with Crippen LogP contribution in [0.25, 0.3) is 0 Å². The first-order valence-corrected chi connectivity index (χ1v) is 10.4. The summed E-state index contributed by atoms with van der Waals surface area (Å²) >= 11 is 1.62. The number of carbonyl (C=O) groups is 1. The number of thiophene rings is 1. The van der Waals surface area contributed by atoms with Crippen LogP contribution in [0.5, 0.6) is 0 Å². The lowest BCUT2D eigenvalue weighted by Crippen LogP contribution is -2.46. The molecule has 0 radical (unpaired) electrons. The second-order valence-electron chi connectivity index (χ2n) is 5.85. The Morgan fingerprint density at radius 3 is 2.72 bits per heavy atom. The maximum atomic E-state index is 13.0. The fourth-order valence-corrected chi connectivity index (χ4v) is 5.28. The summed E-state index contributed by atoms with van der Waals surface area (Å²) in [6.07, 6.45) is 1.84. The molecule has 134 valence electrons. The molecule has 1 unspecified atom stereocenters. The molecule has 5 nitrogen and oxygen atoms in total. The van der Waals surface area contributed by atoms with E-state index in [1.807, 2.05) is 17.5 Å². The minimum Gasteiger partial charge on any atom is -0.354 e. The minimum atomic E-state index is -3.81. The van der Waals surface area contributed by atoms with Gasteiger partial charge in [-0.1, -0.05) is 6.07 Å². The van der Waals surface area contributed by atoms with Gasteiger partial charge in [0.15, 0.2) is 0 Å². The number of carbonyl (C=O) groups excluding carboxylic acids is 1. The SMILES string of the molecule is O=C(NCCc1cccs1)C1CCCN1S(=O)(=O)c1ccc(F)cc1. The first kappa shape index (κ1) is 18.0. The number of rotatable bonds is 6. The molecule has 2 aromatic rings. The van der Waals surface area contributed by atoms with Crippen LogP contribution >= 0.6 is 11.3 Å². The van der Waals surface area contributed by atoms with Crippen LogP contribution < -0.4 is 5.32 Å². The van der Waals surface area contributed by atoms with Crippen LogP contribution in [0.4, 0.5) is 4.39 Å². The van der Waals surface area contributed by atoms with Crippen molar-refractivity contribution in [3.05, 3.63) is 52.5 Å². The Morgan fingerprint density at radius 1 is 1.28 bits per heavy atom. The third kappa shape index (κ3) is 4.08. The highest BCUT2D eigenvalue weighted by Crippen LogP contribution is 2.26. The van der Waals surface area contributed by atoms with Gasteiger partial charge < -0.3 is 5.32 Å². The molecule has 1 fully saturated rings. The molecule has 8 heteroatoms. The van der Waals surface area contributed by atoms with Crippen molar-refractivity contribution in [3.8, 4) is 0 Å². The Hall–Kier alpha value is -1.77. The first-order chi connectivity index (χ1) is 12.0. The second-order valence-corrected chi connectivity index (χ2v) is 8.77. The Balaban J connectivity index is 1.66. The summed E-state index contributed by atoms with van der Waals surface area (Å²) < 4.78 is 39.8. The van der Waals surface area contributed by atoms with E-state index in [1.54, 1.807) is 11.3 Å². The van der Waals surface area contributed by atoms with Crippen LogP contribution in [0.1, 0.15) is 17.7 Å². The number of nitrogens with zero attached hydrogens (tertiary/aromatic N) is 1. The molecule has 0 bridgehead atoms. The van der Waals surface area contributed by atoms with Crippen molar-refractivity contribution in [2.24, 2.45) is 0 Å². The highest BCUT2D eigenvalue weighted by atomic mass is 32.2. The maximum absolute atomic E-state index is 13.0. The first-order valence-electron chi connectivity index (χ1n) is 8.06. The zero-order valence-electron chi connectivity index (χ0n) is 13.5. The molecule has 25 heavy (non-hydrogen) atoms. The smallest absolute Gasteiger partial charge is 0.243 e. The highest BCUT2D eigenvalue weighted by molar-refractivity contribution is 7.89. The third-order valence-corrected chi connectivity index (χ3v) is 7.04. The summed E-state index contributed by atoms with van der Waals surface area (Å²) in [5.41, 5.74) is 0. The van der Waals surface area contributed by atoms with Gasteiger partial charge in [0, 0.05) is 18.0 Å². The molecule has 0 aliphatic carbocycles. The van der Waals surface area contributed by atoms with Gasteiger partial charge in [-0.15, -0.1) is 11.3 Å². The molecule has 0 saturated carbocycles. The van der Waals surface area contributed by atoms with Gasteiger partial charge in [-0.3, -0.25) is 4.79 Å². The van der Waals surface area contributed by atoms with Gasteiger partial charge in [-0.05, 0) is 55.0 Å². The Kier molecular flexibility index (Phi) is 5.51. The molecule has 1 aromatic carbocycles. The summed E-state index contributed by atoms with van der Waals surface area (Å²) in [5.74, 6) is -0.775. The van der Waals surface area contributed by atoms with Gasteiger partial charge in [0.25, 0.3) is 0 Å². The Labute approximate surface area is 150 Å². The number of sulfonamides is 1. The van der Waals surface area contributed by atoms with Crippen LogP contribution in [0.2, 0.25) is 0 Å². The van der Waals surface area contributed by atoms with Crippen molar-refractivity contribution in [1.82, 2.24) is 9.62 Å². The van der Waals surface area contributed by atoms with E-state index in [-0.39, 0.29) is 10.8 Å². The van der Waals surface area contributed by atoms with Crippen molar-refractivity contribution in [3.63, 3.8) is 0 Å². The number of nitrogens with one attached hydrogen (secondary N) is 1. The normalized spacial score (nSPS) is 18.4. The summed E-state index contributed by atoms with van der Waals surface area (Å²) in [7, 11) is -3.81. The molecule has 1 amide bonds. The predicted octanol–water partition coefficient (Wildman–Crippen LogP) is 2.40. The van der Waals surface area contributed by atoms with Crippen LogP contribution in [0.3, 0.4) is 0 Å². The molecule has 3 rings (SSSR count). The fraction of sp³-hybridized carbons (Fsp3) is 0.353. The van der Waals surface area contributed by atoms with Crippen molar-refractivity contribution >= 4 is 27.3 Å². The molecule has 1 aliphatic heterocycles. The summed E-state index contributed by atoms with van der Waals surface area (Å²) in [5, 5.41) is 4.80. The molecule has 1 N–H and O–H groups in total. The monoisotopic (exact) mass is 382 g/mol. The Bertz CT molecular complexity index is 820. The fourth-order valence-electron chi connectivity index (χ4n) is 2.91. The average molecular weight is 382 g/mol. The van der Waals surface area contributed by atoms with Crippen LogP contribution in [-0.2, 0) is 21.2 Å². The van der Waals surface area contributed by atoms with Gasteiger partial charge in [-0.25, -0.2) is 12.8 Å². The summed E-state index contributed by atoms with van der Waals surface area (Å²) in [6, 6.07) is 7.92.